The third-order valence-corrected chi connectivity index (χ3v) is 4.75. The van der Waals surface area contributed by atoms with Crippen molar-refractivity contribution >= 4 is 0 Å². The number of fused-ring (bicyclic) bond motifs is 1. The van der Waals surface area contributed by atoms with Gasteiger partial charge in [0, 0.05) is 24.3 Å². The van der Waals surface area contributed by atoms with Crippen molar-refractivity contribution in [2.75, 3.05) is 7.05 Å². The van der Waals surface area contributed by atoms with Crippen LogP contribution in [-0.2, 0) is 19.9 Å². The molecule has 0 fully saturated rings. The first kappa shape index (κ1) is 17.7. The second-order valence-corrected chi connectivity index (χ2v) is 6.76. The van der Waals surface area contributed by atoms with E-state index < -0.39 is 0 Å². The molecule has 1 heterocycles. The molecule has 0 unspecified atom stereocenters. The highest BCUT2D eigenvalue weighted by Crippen LogP contribution is 2.34. The van der Waals surface area contributed by atoms with Crippen LogP contribution in [0.5, 0.6) is 0 Å². The summed E-state index contributed by atoms with van der Waals surface area (Å²) in [6.45, 7) is 8.50. The van der Waals surface area contributed by atoms with E-state index in [1.54, 1.807) is 11.1 Å². The average Bonchev–Trinajstić information content (AvgIpc) is 2.80. The third-order valence-electron chi connectivity index (χ3n) is 4.75. The Bertz CT molecular complexity index is 653. The lowest BCUT2D eigenvalue weighted by atomic mass is 9.85. The molecule has 3 rings (SSSR count). The van der Waals surface area contributed by atoms with Gasteiger partial charge in [0.15, 0.2) is 0 Å². The monoisotopic (exact) mass is 313 g/mol. The van der Waals surface area contributed by atoms with Crippen LogP contribution < -0.4 is 5.32 Å². The van der Waals surface area contributed by atoms with Crippen molar-refractivity contribution in [2.24, 2.45) is 7.05 Å². The normalized spacial score (nSPS) is 13.5. The van der Waals surface area contributed by atoms with E-state index >= 15 is 0 Å². The predicted molar refractivity (Wildman–Crippen MR) is 99.0 cm³/mol. The summed E-state index contributed by atoms with van der Waals surface area (Å²) in [5.74, 6) is 0. The molecule has 126 valence electrons. The van der Waals surface area contributed by atoms with Crippen molar-refractivity contribution < 1.29 is 0 Å². The Morgan fingerprint density at radius 3 is 2.35 bits per heavy atom. The van der Waals surface area contributed by atoms with Crippen LogP contribution in [-0.4, -0.2) is 22.9 Å². The van der Waals surface area contributed by atoms with E-state index in [1.807, 2.05) is 18.8 Å². The summed E-state index contributed by atoms with van der Waals surface area (Å²) in [6.07, 6.45) is 5.12. The van der Waals surface area contributed by atoms with Gasteiger partial charge in [-0.2, -0.15) is 5.10 Å². The molecule has 0 saturated heterocycles. The SMILES string of the molecule is CNC(C)C.Cc1nn(C)c(C)c1-c1cccc2c1CCCC2. The molecule has 3 nitrogen and oxygen atoms in total. The lowest BCUT2D eigenvalue weighted by Gasteiger charge is -2.19. The molecule has 3 heteroatoms. The van der Waals surface area contributed by atoms with Crippen molar-refractivity contribution in [3.8, 4) is 11.1 Å². The number of aryl methyl sites for hydroxylation is 3. The van der Waals surface area contributed by atoms with Crippen LogP contribution in [0, 0.1) is 13.8 Å². The summed E-state index contributed by atoms with van der Waals surface area (Å²) in [4.78, 5) is 0. The summed E-state index contributed by atoms with van der Waals surface area (Å²) in [5.41, 5.74) is 8.27. The summed E-state index contributed by atoms with van der Waals surface area (Å²) >= 11 is 0. The fourth-order valence-corrected chi connectivity index (χ4v) is 3.18. The number of nitrogens with one attached hydrogen (secondary N) is 1. The van der Waals surface area contributed by atoms with Crippen LogP contribution in [0.4, 0.5) is 0 Å². The highest BCUT2D eigenvalue weighted by molar-refractivity contribution is 5.73. The number of nitrogens with zero attached hydrogens (tertiary/aromatic N) is 2. The maximum absolute atomic E-state index is 4.55. The Morgan fingerprint density at radius 2 is 1.78 bits per heavy atom. The molecule has 1 aliphatic carbocycles. The average molecular weight is 313 g/mol. The molecule has 0 atom stereocenters. The number of rotatable bonds is 2. The van der Waals surface area contributed by atoms with Gasteiger partial charge in [0.1, 0.15) is 0 Å². The Kier molecular flexibility index (Phi) is 6.00. The molecule has 2 aromatic rings. The second kappa shape index (κ2) is 7.78. The van der Waals surface area contributed by atoms with Crippen molar-refractivity contribution in [3.63, 3.8) is 0 Å². The van der Waals surface area contributed by atoms with Crippen LogP contribution >= 0.6 is 0 Å². The molecule has 0 aliphatic heterocycles. The Hall–Kier alpha value is -1.61. The zero-order valence-corrected chi connectivity index (χ0v) is 15.5. The van der Waals surface area contributed by atoms with Crippen molar-refractivity contribution in [2.45, 2.75) is 59.4 Å². The van der Waals surface area contributed by atoms with E-state index in [-0.39, 0.29) is 0 Å². The summed E-state index contributed by atoms with van der Waals surface area (Å²) in [5, 5.41) is 7.58. The minimum atomic E-state index is 0.634. The lowest BCUT2D eigenvalue weighted by Crippen LogP contribution is -2.15. The first-order valence-electron chi connectivity index (χ1n) is 8.74. The van der Waals surface area contributed by atoms with Gasteiger partial charge in [0.2, 0.25) is 0 Å². The van der Waals surface area contributed by atoms with Crippen LogP contribution in [0.2, 0.25) is 0 Å². The Balaban J connectivity index is 0.000000338. The highest BCUT2D eigenvalue weighted by atomic mass is 15.3. The maximum Gasteiger partial charge on any atom is 0.0674 e. The van der Waals surface area contributed by atoms with Crippen LogP contribution in [0.3, 0.4) is 0 Å². The standard InChI is InChI=1S/C16H20N2.C4H11N/c1-11-16(12(2)18(3)17-11)15-10-6-8-13-7-4-5-9-14(13)15;1-4(2)5-3/h6,8,10H,4-5,7,9H2,1-3H3;4-5H,1-3H3. The van der Waals surface area contributed by atoms with Gasteiger partial charge in [-0.1, -0.05) is 32.0 Å². The summed E-state index contributed by atoms with van der Waals surface area (Å²) in [7, 11) is 3.98. The molecule has 0 spiro atoms. The molecule has 0 bridgehead atoms. The minimum Gasteiger partial charge on any atom is -0.318 e. The third kappa shape index (κ3) is 4.03. The highest BCUT2D eigenvalue weighted by Gasteiger charge is 2.18. The molecule has 1 aromatic carbocycles. The van der Waals surface area contributed by atoms with Gasteiger partial charge >= 0.3 is 0 Å². The second-order valence-electron chi connectivity index (χ2n) is 6.76. The van der Waals surface area contributed by atoms with Gasteiger partial charge < -0.3 is 5.32 Å². The van der Waals surface area contributed by atoms with E-state index in [4.69, 9.17) is 0 Å². The van der Waals surface area contributed by atoms with Gasteiger partial charge in [0.05, 0.1) is 5.69 Å². The quantitative estimate of drug-likeness (QED) is 0.900. The van der Waals surface area contributed by atoms with Crippen molar-refractivity contribution in [3.05, 3.63) is 40.7 Å². The summed E-state index contributed by atoms with van der Waals surface area (Å²) < 4.78 is 1.99. The number of aromatic nitrogens is 2. The smallest absolute Gasteiger partial charge is 0.0674 e. The fraction of sp³-hybridized carbons (Fsp3) is 0.550. The van der Waals surface area contributed by atoms with Crippen molar-refractivity contribution in [1.82, 2.24) is 15.1 Å². The number of benzene rings is 1. The van der Waals surface area contributed by atoms with Gasteiger partial charge in [-0.3, -0.25) is 4.68 Å². The van der Waals surface area contributed by atoms with E-state index in [0.717, 1.165) is 5.69 Å². The van der Waals surface area contributed by atoms with E-state index in [2.05, 4.69) is 56.3 Å². The first-order chi connectivity index (χ1) is 11.0. The Labute approximate surface area is 141 Å². The predicted octanol–water partition coefficient (Wildman–Crippen LogP) is 4.20. The number of hydrogen-bond acceptors (Lipinski definition) is 2. The molecule has 1 N–H and O–H groups in total. The molecule has 0 radical (unpaired) electrons. The molecule has 0 amide bonds. The molecular weight excluding hydrogens is 282 g/mol. The van der Waals surface area contributed by atoms with Crippen molar-refractivity contribution in [1.29, 1.82) is 0 Å². The van der Waals surface area contributed by atoms with E-state index in [0.29, 0.717) is 6.04 Å². The zero-order chi connectivity index (χ0) is 17.0. The number of hydrogen-bond donors (Lipinski definition) is 1. The molecular formula is C20H31N3. The first-order valence-corrected chi connectivity index (χ1v) is 8.74. The molecule has 0 saturated carbocycles. The molecule has 1 aromatic heterocycles. The fourth-order valence-electron chi connectivity index (χ4n) is 3.18. The molecule has 23 heavy (non-hydrogen) atoms. The maximum atomic E-state index is 4.55. The van der Waals surface area contributed by atoms with Gasteiger partial charge in [-0.05, 0) is 63.3 Å². The van der Waals surface area contributed by atoms with E-state index in [1.165, 1.54) is 42.5 Å². The van der Waals surface area contributed by atoms with Crippen LogP contribution in [0.25, 0.3) is 11.1 Å². The van der Waals surface area contributed by atoms with Gasteiger partial charge in [0.25, 0.3) is 0 Å². The minimum absolute atomic E-state index is 0.634. The van der Waals surface area contributed by atoms with Gasteiger partial charge in [-0.15, -0.1) is 0 Å². The summed E-state index contributed by atoms with van der Waals surface area (Å²) in [6, 6.07) is 7.39. The topological polar surface area (TPSA) is 29.9 Å². The van der Waals surface area contributed by atoms with E-state index in [9.17, 15) is 0 Å². The Morgan fingerprint density at radius 1 is 1.13 bits per heavy atom. The van der Waals surface area contributed by atoms with Crippen LogP contribution in [0.15, 0.2) is 18.2 Å². The molecule has 1 aliphatic rings. The van der Waals surface area contributed by atoms with Gasteiger partial charge in [-0.25, -0.2) is 0 Å². The zero-order valence-electron chi connectivity index (χ0n) is 15.5. The largest absolute Gasteiger partial charge is 0.318 e. The van der Waals surface area contributed by atoms with Crippen LogP contribution in [0.1, 0.15) is 49.2 Å². The lowest BCUT2D eigenvalue weighted by molar-refractivity contribution is 0.668.